The molecule has 2 aromatic carbocycles. The third kappa shape index (κ3) is 4.56. The summed E-state index contributed by atoms with van der Waals surface area (Å²) in [6.45, 7) is 4.33. The lowest BCUT2D eigenvalue weighted by Crippen LogP contribution is -2.39. The number of carbonyl (C=O) groups is 2. The van der Waals surface area contributed by atoms with Crippen molar-refractivity contribution in [2.75, 3.05) is 11.4 Å². The van der Waals surface area contributed by atoms with Crippen LogP contribution in [0, 0.1) is 17.5 Å². The molecule has 0 aliphatic heterocycles. The fourth-order valence-electron chi connectivity index (χ4n) is 2.76. The van der Waals surface area contributed by atoms with Gasteiger partial charge in [-0.1, -0.05) is 0 Å². The molecule has 0 spiro atoms. The van der Waals surface area contributed by atoms with Crippen LogP contribution in [0.2, 0.25) is 0 Å². The second-order valence-electron chi connectivity index (χ2n) is 7.36. The minimum absolute atomic E-state index is 0.181. The number of carbonyl (C=O) groups excluding carboxylic acids is 2. The molecule has 3 aromatic rings. The lowest BCUT2D eigenvalue weighted by molar-refractivity contribution is -0.152. The van der Waals surface area contributed by atoms with E-state index in [1.54, 1.807) is 33.0 Å². The van der Waals surface area contributed by atoms with Gasteiger partial charge >= 0.3 is 5.97 Å². The van der Waals surface area contributed by atoms with E-state index in [1.807, 2.05) is 0 Å². The number of halogens is 3. The second-order valence-corrected chi connectivity index (χ2v) is 7.36. The molecule has 0 unspecified atom stereocenters. The van der Waals surface area contributed by atoms with Gasteiger partial charge in [0, 0.05) is 23.2 Å². The molecule has 3 rings (SSSR count). The first kappa shape index (κ1) is 20.4. The van der Waals surface area contributed by atoms with Crippen LogP contribution in [0.3, 0.4) is 0 Å². The number of H-pyrrole nitrogens is 1. The van der Waals surface area contributed by atoms with Crippen molar-refractivity contribution in [3.05, 3.63) is 59.5 Å². The summed E-state index contributed by atoms with van der Waals surface area (Å²) in [5, 5.41) is 7.32. The molecule has 9 heteroatoms. The normalized spacial score (nSPS) is 11.5. The molecule has 0 atom stereocenters. The van der Waals surface area contributed by atoms with E-state index in [0.29, 0.717) is 17.6 Å². The Hall–Kier alpha value is -3.36. The molecule has 0 aliphatic carbocycles. The number of anilines is 1. The molecule has 6 nitrogen and oxygen atoms in total. The summed E-state index contributed by atoms with van der Waals surface area (Å²) >= 11 is 0. The Morgan fingerprint density at radius 1 is 1.10 bits per heavy atom. The highest BCUT2D eigenvalue weighted by molar-refractivity contribution is 6.09. The van der Waals surface area contributed by atoms with Crippen LogP contribution in [0.1, 0.15) is 31.1 Å². The van der Waals surface area contributed by atoms with Gasteiger partial charge in [0.15, 0.2) is 0 Å². The molecule has 0 saturated carbocycles. The molecule has 0 fully saturated rings. The minimum Gasteiger partial charge on any atom is -0.459 e. The van der Waals surface area contributed by atoms with E-state index < -0.39 is 47.0 Å². The molecule has 1 amide bonds. The highest BCUT2D eigenvalue weighted by Crippen LogP contribution is 2.25. The van der Waals surface area contributed by atoms with Gasteiger partial charge in [-0.05, 0) is 39.0 Å². The zero-order valence-corrected chi connectivity index (χ0v) is 15.9. The van der Waals surface area contributed by atoms with Crippen LogP contribution >= 0.6 is 0 Å². The van der Waals surface area contributed by atoms with Gasteiger partial charge in [0.25, 0.3) is 5.91 Å². The van der Waals surface area contributed by atoms with Gasteiger partial charge in [-0.25, -0.2) is 13.2 Å². The fourth-order valence-corrected chi connectivity index (χ4v) is 2.76. The predicted molar refractivity (Wildman–Crippen MR) is 99.9 cm³/mol. The number of aromatic amines is 1. The average Bonchev–Trinajstić information content (AvgIpc) is 3.04. The average molecular weight is 405 g/mol. The number of esters is 1. The zero-order chi connectivity index (χ0) is 21.3. The van der Waals surface area contributed by atoms with E-state index in [1.165, 1.54) is 12.1 Å². The molecule has 1 N–H and O–H groups in total. The van der Waals surface area contributed by atoms with E-state index in [0.717, 1.165) is 10.3 Å². The lowest BCUT2D eigenvalue weighted by Gasteiger charge is -2.25. The van der Waals surface area contributed by atoms with Gasteiger partial charge in [-0.2, -0.15) is 5.10 Å². The zero-order valence-electron chi connectivity index (χ0n) is 15.9. The lowest BCUT2D eigenvalue weighted by atomic mass is 10.1. The predicted octanol–water partition coefficient (Wildman–Crippen LogP) is 3.97. The van der Waals surface area contributed by atoms with Crippen LogP contribution in [0.4, 0.5) is 18.9 Å². The number of ether oxygens (including phenoxy) is 1. The monoisotopic (exact) mass is 405 g/mol. The topological polar surface area (TPSA) is 75.3 Å². The highest BCUT2D eigenvalue weighted by Gasteiger charge is 2.29. The van der Waals surface area contributed by atoms with E-state index in [2.05, 4.69) is 10.2 Å². The van der Waals surface area contributed by atoms with Crippen molar-refractivity contribution in [2.24, 2.45) is 0 Å². The molecule has 152 valence electrons. The second kappa shape index (κ2) is 7.57. The smallest absolute Gasteiger partial charge is 0.326 e. The Labute approximate surface area is 164 Å². The van der Waals surface area contributed by atoms with Gasteiger partial charge in [0.2, 0.25) is 0 Å². The van der Waals surface area contributed by atoms with Gasteiger partial charge in [-0.3, -0.25) is 19.6 Å². The summed E-state index contributed by atoms with van der Waals surface area (Å²) < 4.78 is 46.8. The van der Waals surface area contributed by atoms with Crippen molar-refractivity contribution in [3.63, 3.8) is 0 Å². The number of amides is 1. The molecule has 1 aromatic heterocycles. The Kier molecular flexibility index (Phi) is 5.32. The summed E-state index contributed by atoms with van der Waals surface area (Å²) in [4.78, 5) is 26.2. The Morgan fingerprint density at radius 3 is 2.38 bits per heavy atom. The van der Waals surface area contributed by atoms with Gasteiger partial charge in [0.1, 0.15) is 35.2 Å². The first-order chi connectivity index (χ1) is 13.5. The van der Waals surface area contributed by atoms with Crippen molar-refractivity contribution in [3.8, 4) is 0 Å². The van der Waals surface area contributed by atoms with Crippen LogP contribution in [-0.2, 0) is 9.53 Å². The number of rotatable bonds is 4. The first-order valence-corrected chi connectivity index (χ1v) is 8.66. The summed E-state index contributed by atoms with van der Waals surface area (Å²) in [7, 11) is 0. The first-order valence-electron chi connectivity index (χ1n) is 8.66. The maximum Gasteiger partial charge on any atom is 0.326 e. The van der Waals surface area contributed by atoms with Crippen molar-refractivity contribution in [1.29, 1.82) is 0 Å². The molecular weight excluding hydrogens is 387 g/mol. The van der Waals surface area contributed by atoms with Crippen molar-refractivity contribution in [1.82, 2.24) is 10.2 Å². The minimum atomic E-state index is -1.37. The summed E-state index contributed by atoms with van der Waals surface area (Å²) in [6, 6.07) is 5.43. The molecule has 0 radical (unpaired) electrons. The summed E-state index contributed by atoms with van der Waals surface area (Å²) in [6.07, 6.45) is 1.55. The van der Waals surface area contributed by atoms with E-state index in [9.17, 15) is 22.8 Å². The SMILES string of the molecule is CC(C)(C)OC(=O)CN(C(=O)c1c(F)cc(F)cc1F)c1ccc2cn[nH]c2c1. The van der Waals surface area contributed by atoms with Gasteiger partial charge < -0.3 is 4.74 Å². The molecule has 0 bridgehead atoms. The van der Waals surface area contributed by atoms with Crippen molar-refractivity contribution >= 4 is 28.5 Å². The Bertz CT molecular complexity index is 1070. The standard InChI is InChI=1S/C20H18F3N3O3/c1-20(2,3)29-17(27)10-26(13-5-4-11-9-24-25-16(11)8-13)19(28)18-14(22)6-12(21)7-15(18)23/h4-9H,10H2,1-3H3,(H,24,25). The van der Waals surface area contributed by atoms with Crippen molar-refractivity contribution < 1.29 is 27.5 Å². The van der Waals surface area contributed by atoms with Crippen LogP contribution < -0.4 is 4.90 Å². The quantitative estimate of drug-likeness (QED) is 0.667. The van der Waals surface area contributed by atoms with E-state index in [4.69, 9.17) is 4.74 Å². The Balaban J connectivity index is 2.04. The Morgan fingerprint density at radius 2 is 1.76 bits per heavy atom. The number of aromatic nitrogens is 2. The molecule has 0 aliphatic rings. The number of nitrogens with one attached hydrogen (secondary N) is 1. The number of fused-ring (bicyclic) bond motifs is 1. The van der Waals surface area contributed by atoms with Crippen LogP contribution in [0.15, 0.2) is 36.5 Å². The fraction of sp³-hybridized carbons (Fsp3) is 0.250. The van der Waals surface area contributed by atoms with E-state index in [-0.39, 0.29) is 5.69 Å². The number of benzene rings is 2. The van der Waals surface area contributed by atoms with E-state index >= 15 is 0 Å². The van der Waals surface area contributed by atoms with Gasteiger partial charge in [-0.15, -0.1) is 0 Å². The molecule has 29 heavy (non-hydrogen) atoms. The maximum atomic E-state index is 14.2. The third-order valence-electron chi connectivity index (χ3n) is 3.91. The molecule has 0 saturated heterocycles. The van der Waals surface area contributed by atoms with Crippen LogP contribution in [0.5, 0.6) is 0 Å². The summed E-state index contributed by atoms with van der Waals surface area (Å²) in [5.41, 5.74) is -1.07. The largest absolute Gasteiger partial charge is 0.459 e. The number of hydrogen-bond acceptors (Lipinski definition) is 4. The third-order valence-corrected chi connectivity index (χ3v) is 3.91. The van der Waals surface area contributed by atoms with Gasteiger partial charge in [0.05, 0.1) is 11.7 Å². The van der Waals surface area contributed by atoms with Crippen LogP contribution in [-0.4, -0.2) is 34.2 Å². The van der Waals surface area contributed by atoms with Crippen molar-refractivity contribution in [2.45, 2.75) is 26.4 Å². The summed E-state index contributed by atoms with van der Waals surface area (Å²) in [5.74, 6) is -5.83. The molecular formula is C20H18F3N3O3. The number of hydrogen-bond donors (Lipinski definition) is 1. The van der Waals surface area contributed by atoms with Crippen LogP contribution in [0.25, 0.3) is 10.9 Å². The number of nitrogens with zero attached hydrogens (tertiary/aromatic N) is 2. The highest BCUT2D eigenvalue weighted by atomic mass is 19.1. The molecule has 1 heterocycles. The maximum absolute atomic E-state index is 14.2.